The lowest BCUT2D eigenvalue weighted by Gasteiger charge is -2.32. The Morgan fingerprint density at radius 1 is 1.39 bits per heavy atom. The molecule has 2 aliphatic heterocycles. The largest absolute Gasteiger partial charge is 0.393 e. The van der Waals surface area contributed by atoms with E-state index in [4.69, 9.17) is 0 Å². The van der Waals surface area contributed by atoms with Gasteiger partial charge in [-0.25, -0.2) is 9.97 Å². The summed E-state index contributed by atoms with van der Waals surface area (Å²) in [6.07, 6.45) is 7.85. The summed E-state index contributed by atoms with van der Waals surface area (Å²) >= 11 is 1.57. The predicted octanol–water partition coefficient (Wildman–Crippen LogP) is 1.50. The van der Waals surface area contributed by atoms with Crippen molar-refractivity contribution in [2.45, 2.75) is 18.9 Å². The Hall–Kier alpha value is -1.86. The highest BCUT2D eigenvalue weighted by molar-refractivity contribution is 8.04. The van der Waals surface area contributed by atoms with Gasteiger partial charge in [0.15, 0.2) is 0 Å². The van der Waals surface area contributed by atoms with Crippen LogP contribution in [0.5, 0.6) is 0 Å². The maximum atomic E-state index is 12.7. The van der Waals surface area contributed by atoms with Gasteiger partial charge in [-0.3, -0.25) is 4.79 Å². The molecule has 0 radical (unpaired) electrons. The van der Waals surface area contributed by atoms with Gasteiger partial charge in [0.05, 0.1) is 11.0 Å². The number of aromatic nitrogens is 2. The van der Waals surface area contributed by atoms with Crippen molar-refractivity contribution in [2.24, 2.45) is 0 Å². The van der Waals surface area contributed by atoms with Crippen LogP contribution < -0.4 is 4.90 Å². The summed E-state index contributed by atoms with van der Waals surface area (Å²) in [5.74, 6) is 1.64. The Balaban J connectivity index is 1.79. The Kier molecular flexibility index (Phi) is 4.97. The average Bonchev–Trinajstić information content (AvgIpc) is 2.62. The van der Waals surface area contributed by atoms with Gasteiger partial charge in [-0.1, -0.05) is 12.7 Å². The number of carbonyl (C=O) groups is 1. The minimum atomic E-state index is -0.278. The molecule has 0 spiro atoms. The van der Waals surface area contributed by atoms with E-state index < -0.39 is 0 Å². The highest BCUT2D eigenvalue weighted by Gasteiger charge is 2.26. The molecule has 0 bridgehead atoms. The fourth-order valence-electron chi connectivity index (χ4n) is 2.72. The number of nitrogens with zero attached hydrogens (tertiary/aromatic N) is 4. The molecule has 1 saturated heterocycles. The second kappa shape index (κ2) is 7.14. The molecule has 1 amide bonds. The van der Waals surface area contributed by atoms with E-state index in [1.807, 2.05) is 16.0 Å². The van der Waals surface area contributed by atoms with Crippen LogP contribution in [-0.2, 0) is 4.79 Å². The molecule has 0 atom stereocenters. The lowest BCUT2D eigenvalue weighted by atomic mass is 10.1. The number of likely N-dealkylation sites (tertiary alicyclic amines) is 1. The number of hydrogen-bond donors (Lipinski definition) is 1. The average molecular weight is 332 g/mol. The summed E-state index contributed by atoms with van der Waals surface area (Å²) in [6.45, 7) is 5.81. The number of piperidine rings is 1. The van der Waals surface area contributed by atoms with Crippen molar-refractivity contribution in [3.05, 3.63) is 35.8 Å². The second-order valence-electron chi connectivity index (χ2n) is 5.56. The molecule has 23 heavy (non-hydrogen) atoms. The van der Waals surface area contributed by atoms with E-state index in [0.29, 0.717) is 25.9 Å². The summed E-state index contributed by atoms with van der Waals surface area (Å²) in [5, 5.41) is 9.58. The SMILES string of the molecule is C=Cc1cncnc1N1C=C(C(=O)N2CCC(O)CC2)SCC1. The molecule has 6 nitrogen and oxygen atoms in total. The van der Waals surface area contributed by atoms with Crippen molar-refractivity contribution in [3.8, 4) is 0 Å². The number of aliphatic hydroxyl groups excluding tert-OH is 1. The van der Waals surface area contributed by atoms with Gasteiger partial charge in [0, 0.05) is 43.3 Å². The molecule has 0 saturated carbocycles. The number of amides is 1. The first-order valence-electron chi connectivity index (χ1n) is 7.70. The zero-order valence-electron chi connectivity index (χ0n) is 12.9. The third-order valence-electron chi connectivity index (χ3n) is 4.04. The first-order valence-corrected chi connectivity index (χ1v) is 8.68. The number of hydrogen-bond acceptors (Lipinski definition) is 6. The lowest BCUT2D eigenvalue weighted by molar-refractivity contribution is -0.128. The smallest absolute Gasteiger partial charge is 0.261 e. The van der Waals surface area contributed by atoms with Gasteiger partial charge in [0.25, 0.3) is 5.91 Å². The van der Waals surface area contributed by atoms with E-state index in [-0.39, 0.29) is 12.0 Å². The summed E-state index contributed by atoms with van der Waals surface area (Å²) < 4.78 is 0. The molecule has 0 aliphatic carbocycles. The first-order chi connectivity index (χ1) is 11.2. The van der Waals surface area contributed by atoms with Gasteiger partial charge in [-0.2, -0.15) is 0 Å². The Labute approximate surface area is 139 Å². The predicted molar refractivity (Wildman–Crippen MR) is 91.8 cm³/mol. The maximum Gasteiger partial charge on any atom is 0.261 e. The number of thioether (sulfide) groups is 1. The summed E-state index contributed by atoms with van der Waals surface area (Å²) in [5.41, 5.74) is 0.851. The molecule has 1 fully saturated rings. The molecule has 1 aromatic heterocycles. The van der Waals surface area contributed by atoms with Crippen molar-refractivity contribution in [1.82, 2.24) is 14.9 Å². The van der Waals surface area contributed by atoms with Crippen molar-refractivity contribution in [3.63, 3.8) is 0 Å². The van der Waals surface area contributed by atoms with Crippen molar-refractivity contribution < 1.29 is 9.90 Å². The fraction of sp³-hybridized carbons (Fsp3) is 0.438. The van der Waals surface area contributed by atoms with Crippen molar-refractivity contribution >= 4 is 29.6 Å². The minimum Gasteiger partial charge on any atom is -0.393 e. The van der Waals surface area contributed by atoms with E-state index in [0.717, 1.165) is 28.6 Å². The van der Waals surface area contributed by atoms with Crippen LogP contribution in [0.3, 0.4) is 0 Å². The third kappa shape index (κ3) is 3.56. The Bertz CT molecular complexity index is 626. The van der Waals surface area contributed by atoms with Crippen LogP contribution in [0.1, 0.15) is 18.4 Å². The maximum absolute atomic E-state index is 12.7. The molecule has 0 unspecified atom stereocenters. The molecule has 2 aliphatic rings. The van der Waals surface area contributed by atoms with E-state index in [9.17, 15) is 9.90 Å². The third-order valence-corrected chi connectivity index (χ3v) is 5.01. The Morgan fingerprint density at radius 2 is 2.17 bits per heavy atom. The van der Waals surface area contributed by atoms with Gasteiger partial charge in [-0.05, 0) is 12.8 Å². The highest BCUT2D eigenvalue weighted by Crippen LogP contribution is 2.29. The number of aliphatic hydroxyl groups is 1. The summed E-state index contributed by atoms with van der Waals surface area (Å²) in [7, 11) is 0. The van der Waals surface area contributed by atoms with Crippen LogP contribution in [0.2, 0.25) is 0 Å². The first kappa shape index (κ1) is 16.0. The molecule has 7 heteroatoms. The van der Waals surface area contributed by atoms with Crippen LogP contribution >= 0.6 is 11.8 Å². The van der Waals surface area contributed by atoms with Crippen molar-refractivity contribution in [2.75, 3.05) is 30.3 Å². The van der Waals surface area contributed by atoms with E-state index in [2.05, 4.69) is 16.5 Å². The summed E-state index contributed by atoms with van der Waals surface area (Å²) in [4.78, 5) is 25.5. The normalized spacial score (nSPS) is 19.4. The molecular weight excluding hydrogens is 312 g/mol. The second-order valence-corrected chi connectivity index (χ2v) is 6.70. The molecular formula is C16H20N4O2S. The highest BCUT2D eigenvalue weighted by atomic mass is 32.2. The molecule has 3 rings (SSSR count). The van der Waals surface area contributed by atoms with Gasteiger partial charge < -0.3 is 14.9 Å². The zero-order chi connectivity index (χ0) is 16.2. The molecule has 1 N–H and O–H groups in total. The summed E-state index contributed by atoms with van der Waals surface area (Å²) in [6, 6.07) is 0. The molecule has 122 valence electrons. The van der Waals surface area contributed by atoms with Crippen LogP contribution in [-0.4, -0.2) is 57.4 Å². The number of anilines is 1. The van der Waals surface area contributed by atoms with E-state index in [1.54, 1.807) is 24.0 Å². The van der Waals surface area contributed by atoms with Crippen molar-refractivity contribution in [1.29, 1.82) is 0 Å². The van der Waals surface area contributed by atoms with E-state index in [1.165, 1.54) is 6.33 Å². The van der Waals surface area contributed by atoms with Crippen LogP contribution in [0.15, 0.2) is 30.2 Å². The van der Waals surface area contributed by atoms with Gasteiger partial charge >= 0.3 is 0 Å². The number of carbonyl (C=O) groups excluding carboxylic acids is 1. The molecule has 0 aromatic carbocycles. The van der Waals surface area contributed by atoms with E-state index >= 15 is 0 Å². The number of rotatable bonds is 3. The van der Waals surface area contributed by atoms with Crippen LogP contribution in [0.25, 0.3) is 6.08 Å². The van der Waals surface area contributed by atoms with Gasteiger partial charge in [0.1, 0.15) is 12.1 Å². The monoisotopic (exact) mass is 332 g/mol. The minimum absolute atomic E-state index is 0.0424. The van der Waals surface area contributed by atoms with Crippen LogP contribution in [0.4, 0.5) is 5.82 Å². The Morgan fingerprint density at radius 3 is 2.91 bits per heavy atom. The zero-order valence-corrected chi connectivity index (χ0v) is 13.7. The lowest BCUT2D eigenvalue weighted by Crippen LogP contribution is -2.41. The van der Waals surface area contributed by atoms with Gasteiger partial charge in [0.2, 0.25) is 0 Å². The fourth-order valence-corrected chi connectivity index (χ4v) is 3.69. The molecule has 3 heterocycles. The molecule has 1 aromatic rings. The standard InChI is InChI=1S/C16H20N4O2S/c1-2-12-9-17-11-18-15(12)20-7-8-23-14(10-20)16(22)19-5-3-13(21)4-6-19/h2,9-11,13,21H,1,3-8H2. The van der Waals surface area contributed by atoms with Crippen LogP contribution in [0, 0.1) is 0 Å². The topological polar surface area (TPSA) is 69.6 Å². The van der Waals surface area contributed by atoms with Gasteiger partial charge in [-0.15, -0.1) is 11.8 Å². The quantitative estimate of drug-likeness (QED) is 0.904.